The number of aromatic nitrogens is 2. The highest BCUT2D eigenvalue weighted by molar-refractivity contribution is 7.91. The summed E-state index contributed by atoms with van der Waals surface area (Å²) < 4.78 is 23.5. The average molecular weight is 534 g/mol. The van der Waals surface area contributed by atoms with Gasteiger partial charge in [-0.2, -0.15) is 0 Å². The molecule has 0 aliphatic carbocycles. The van der Waals surface area contributed by atoms with Crippen LogP contribution in [-0.2, 0) is 9.84 Å². The van der Waals surface area contributed by atoms with E-state index in [2.05, 4.69) is 41.4 Å². The number of thiazole rings is 1. The number of hydrogen-bond acceptors (Lipinski definition) is 8. The molecule has 2 N–H and O–H groups in total. The van der Waals surface area contributed by atoms with E-state index in [4.69, 9.17) is 0 Å². The van der Waals surface area contributed by atoms with Gasteiger partial charge in [0.05, 0.1) is 16.4 Å². The number of sulfone groups is 1. The fourth-order valence-corrected chi connectivity index (χ4v) is 7.17. The van der Waals surface area contributed by atoms with Gasteiger partial charge < -0.3 is 15.5 Å². The predicted octanol–water partition coefficient (Wildman–Crippen LogP) is 3.66. The van der Waals surface area contributed by atoms with Crippen LogP contribution in [0.3, 0.4) is 0 Å². The van der Waals surface area contributed by atoms with Crippen LogP contribution in [0.5, 0.6) is 0 Å². The van der Waals surface area contributed by atoms with E-state index < -0.39 is 9.84 Å². The van der Waals surface area contributed by atoms with Crippen LogP contribution in [0, 0.1) is 6.92 Å². The highest BCUT2D eigenvalue weighted by atomic mass is 32.2. The van der Waals surface area contributed by atoms with Gasteiger partial charge in [-0.3, -0.25) is 9.59 Å². The molecule has 0 saturated carbocycles. The molecular weight excluding hydrogens is 498 g/mol. The predicted molar refractivity (Wildman–Crippen MR) is 142 cm³/mol. The molecule has 1 atom stereocenters. The number of likely N-dealkylation sites (tertiary alicyclic amines) is 1. The van der Waals surface area contributed by atoms with Crippen LogP contribution in [0.2, 0.25) is 0 Å². The van der Waals surface area contributed by atoms with Crippen molar-refractivity contribution in [1.29, 1.82) is 0 Å². The summed E-state index contributed by atoms with van der Waals surface area (Å²) >= 11 is 1.18. The quantitative estimate of drug-likeness (QED) is 0.602. The first-order valence-corrected chi connectivity index (χ1v) is 15.0. The van der Waals surface area contributed by atoms with Crippen LogP contribution in [0.25, 0.3) is 10.4 Å². The zero-order valence-electron chi connectivity index (χ0n) is 21.6. The van der Waals surface area contributed by atoms with Gasteiger partial charge in [-0.1, -0.05) is 0 Å². The first kappa shape index (κ1) is 26.5. The lowest BCUT2D eigenvalue weighted by molar-refractivity contribution is 0.0743. The number of carbonyl (C=O) groups is 2. The van der Waals surface area contributed by atoms with Crippen molar-refractivity contribution in [3.05, 3.63) is 28.5 Å². The number of nitrogens with one attached hydrogen (secondary N) is 2. The largest absolute Gasteiger partial charge is 0.365 e. The Bertz CT molecular complexity index is 1250. The molecule has 0 unspecified atom stereocenters. The van der Waals surface area contributed by atoms with Gasteiger partial charge in [0.15, 0.2) is 5.01 Å². The molecule has 2 aromatic heterocycles. The van der Waals surface area contributed by atoms with Gasteiger partial charge in [-0.25, -0.2) is 18.4 Å². The molecule has 36 heavy (non-hydrogen) atoms. The van der Waals surface area contributed by atoms with Crippen molar-refractivity contribution in [1.82, 2.24) is 20.2 Å². The third kappa shape index (κ3) is 6.05. The van der Waals surface area contributed by atoms with Gasteiger partial charge in [0, 0.05) is 35.9 Å². The minimum Gasteiger partial charge on any atom is -0.365 e. The van der Waals surface area contributed by atoms with Crippen molar-refractivity contribution >= 4 is 38.8 Å². The summed E-state index contributed by atoms with van der Waals surface area (Å²) in [6, 6.07) is 1.83. The Morgan fingerprint density at radius 1 is 1.17 bits per heavy atom. The molecule has 2 saturated heterocycles. The minimum absolute atomic E-state index is 0.0669. The maximum absolute atomic E-state index is 13.6. The fraction of sp³-hybridized carbons (Fsp3) is 0.600. The van der Waals surface area contributed by atoms with Gasteiger partial charge >= 0.3 is 0 Å². The van der Waals surface area contributed by atoms with Crippen LogP contribution < -0.4 is 10.6 Å². The van der Waals surface area contributed by atoms with E-state index in [0.29, 0.717) is 24.3 Å². The van der Waals surface area contributed by atoms with Crippen molar-refractivity contribution in [3.8, 4) is 10.4 Å². The van der Waals surface area contributed by atoms with Crippen molar-refractivity contribution in [2.24, 2.45) is 0 Å². The third-order valence-corrected chi connectivity index (χ3v) is 9.39. The zero-order valence-corrected chi connectivity index (χ0v) is 23.2. The first-order chi connectivity index (χ1) is 16.8. The lowest BCUT2D eigenvalue weighted by Crippen LogP contribution is -2.40. The second-order valence-electron chi connectivity index (χ2n) is 10.8. The van der Waals surface area contributed by atoms with Gasteiger partial charge in [-0.05, 0) is 71.9 Å². The van der Waals surface area contributed by atoms with Crippen LogP contribution in [-0.4, -0.2) is 70.8 Å². The van der Waals surface area contributed by atoms with Gasteiger partial charge in [-0.15, -0.1) is 11.3 Å². The molecule has 4 heterocycles. The summed E-state index contributed by atoms with van der Waals surface area (Å²) in [7, 11) is -3.03. The number of amides is 2. The van der Waals surface area contributed by atoms with Gasteiger partial charge in [0.2, 0.25) is 0 Å². The fourth-order valence-electron chi connectivity index (χ4n) is 4.64. The molecule has 2 aliphatic heterocycles. The Morgan fingerprint density at radius 3 is 2.44 bits per heavy atom. The average Bonchev–Trinajstić information content (AvgIpc) is 3.40. The number of nitrogens with zero attached hydrogens (tertiary/aromatic N) is 3. The highest BCUT2D eigenvalue weighted by Crippen LogP contribution is 2.35. The number of rotatable bonds is 5. The van der Waals surface area contributed by atoms with Gasteiger partial charge in [0.25, 0.3) is 11.8 Å². The maximum atomic E-state index is 13.6. The zero-order chi connectivity index (χ0) is 26.3. The minimum atomic E-state index is -3.03. The Hall–Kier alpha value is -2.53. The molecule has 11 heteroatoms. The van der Waals surface area contributed by atoms with Crippen molar-refractivity contribution in [2.75, 3.05) is 23.4 Å². The molecule has 196 valence electrons. The summed E-state index contributed by atoms with van der Waals surface area (Å²) in [5, 5.41) is 6.48. The standard InChI is InChI=1S/C25H35N5O4S2/c1-15-13-19(29-25(3,4)5)26-14-18(15)21-20(24(32)30-10-6-7-16(30)2)28-23(35-21)22(31)27-17-8-11-36(33,34)12-9-17/h13-14,16-17H,6-12H2,1-5H3,(H,26,29)(H,27,31)/t16-/m0/s1. The van der Waals surface area contributed by atoms with Crippen LogP contribution >= 0.6 is 11.3 Å². The van der Waals surface area contributed by atoms with Crippen LogP contribution in [0.15, 0.2) is 12.3 Å². The van der Waals surface area contributed by atoms with Crippen molar-refractivity contribution in [3.63, 3.8) is 0 Å². The van der Waals surface area contributed by atoms with E-state index >= 15 is 0 Å². The molecular formula is C25H35N5O4S2. The first-order valence-electron chi connectivity index (χ1n) is 12.4. The smallest absolute Gasteiger partial charge is 0.280 e. The van der Waals surface area contributed by atoms with E-state index in [9.17, 15) is 18.0 Å². The van der Waals surface area contributed by atoms with Gasteiger partial charge in [0.1, 0.15) is 21.3 Å². The Labute approximate surface area is 217 Å². The summed E-state index contributed by atoms with van der Waals surface area (Å²) in [4.78, 5) is 38.2. The monoisotopic (exact) mass is 533 g/mol. The summed E-state index contributed by atoms with van der Waals surface area (Å²) in [5.41, 5.74) is 1.81. The Kier molecular flexibility index (Phi) is 7.43. The Morgan fingerprint density at radius 2 is 1.86 bits per heavy atom. The second kappa shape index (κ2) is 10.1. The van der Waals surface area contributed by atoms with E-state index in [1.807, 2.05) is 24.8 Å². The molecule has 2 amide bonds. The second-order valence-corrected chi connectivity index (χ2v) is 14.1. The summed E-state index contributed by atoms with van der Waals surface area (Å²) in [6.07, 6.45) is 4.38. The van der Waals surface area contributed by atoms with Crippen LogP contribution in [0.4, 0.5) is 5.82 Å². The van der Waals surface area contributed by atoms with Crippen LogP contribution in [0.1, 0.15) is 79.2 Å². The lowest BCUT2D eigenvalue weighted by Gasteiger charge is -2.22. The molecule has 9 nitrogen and oxygen atoms in total. The highest BCUT2D eigenvalue weighted by Gasteiger charge is 2.33. The molecule has 0 bridgehead atoms. The van der Waals surface area contributed by atoms with E-state index in [1.54, 1.807) is 6.20 Å². The molecule has 0 spiro atoms. The topological polar surface area (TPSA) is 121 Å². The molecule has 0 aromatic carbocycles. The molecule has 0 radical (unpaired) electrons. The van der Waals surface area contributed by atoms with E-state index in [-0.39, 0.29) is 51.6 Å². The summed E-state index contributed by atoms with van der Waals surface area (Å²) in [5.74, 6) is 0.315. The van der Waals surface area contributed by atoms with Crippen molar-refractivity contribution in [2.45, 2.75) is 77.9 Å². The van der Waals surface area contributed by atoms with E-state index in [0.717, 1.165) is 29.8 Å². The third-order valence-electron chi connectivity index (χ3n) is 6.59. The molecule has 2 aliphatic rings. The number of anilines is 1. The van der Waals surface area contributed by atoms with E-state index in [1.165, 1.54) is 11.3 Å². The van der Waals surface area contributed by atoms with Crippen molar-refractivity contribution < 1.29 is 18.0 Å². The number of aryl methyl sites for hydroxylation is 1. The maximum Gasteiger partial charge on any atom is 0.280 e. The molecule has 2 aromatic rings. The normalized spacial score (nSPS) is 20.4. The number of carbonyl (C=O) groups excluding carboxylic acids is 2. The summed E-state index contributed by atoms with van der Waals surface area (Å²) in [6.45, 7) is 10.8. The Balaban J connectivity index is 1.66. The number of hydrogen-bond donors (Lipinski definition) is 2. The molecule has 2 fully saturated rings. The molecule has 4 rings (SSSR count). The SMILES string of the molecule is Cc1cc(NC(C)(C)C)ncc1-c1sc(C(=O)NC2CCS(=O)(=O)CC2)nc1C(=O)N1CCC[C@@H]1C. The lowest BCUT2D eigenvalue weighted by atomic mass is 10.1. The number of pyridine rings is 1.